The Balaban J connectivity index is 1.70. The third kappa shape index (κ3) is 5.29. The highest BCUT2D eigenvalue weighted by Gasteiger charge is 2.33. The van der Waals surface area contributed by atoms with E-state index in [1.54, 1.807) is 29.2 Å². The molecule has 0 radical (unpaired) electrons. The molecule has 7 nitrogen and oxygen atoms in total. The third-order valence-electron chi connectivity index (χ3n) is 5.68. The number of carbonyl (C=O) groups excluding carboxylic acids is 3. The Morgan fingerprint density at radius 2 is 1.72 bits per heavy atom. The zero-order chi connectivity index (χ0) is 23.3. The summed E-state index contributed by atoms with van der Waals surface area (Å²) in [6.45, 7) is 3.42. The second-order valence-corrected chi connectivity index (χ2v) is 8.03. The molecule has 2 aromatic carbocycles. The molecule has 1 aliphatic heterocycles. The fraction of sp³-hybridized carbons (Fsp3) is 0.375. The zero-order valence-corrected chi connectivity index (χ0v) is 19.2. The molecule has 0 aliphatic carbocycles. The summed E-state index contributed by atoms with van der Waals surface area (Å²) in [5, 5.41) is 0.499. The molecule has 0 N–H and O–H groups in total. The summed E-state index contributed by atoms with van der Waals surface area (Å²) < 4.78 is 10.4. The monoisotopic (exact) mass is 458 g/mol. The Bertz CT molecular complexity index is 1000. The number of hydrogen-bond donors (Lipinski definition) is 0. The van der Waals surface area contributed by atoms with Crippen molar-refractivity contribution in [1.82, 2.24) is 9.80 Å². The molecular weight excluding hydrogens is 432 g/mol. The number of halogens is 1. The van der Waals surface area contributed by atoms with Crippen LogP contribution in [-0.2, 0) is 20.7 Å². The number of methoxy groups -OCH3 is 2. The molecule has 32 heavy (non-hydrogen) atoms. The predicted octanol–water partition coefficient (Wildman–Crippen LogP) is 3.15. The number of Topliss-reactive ketones (excluding diaryl/α,β-unsaturated/α-hetero) is 1. The first-order valence-corrected chi connectivity index (χ1v) is 10.8. The number of carbonyl (C=O) groups is 3. The molecule has 3 rings (SSSR count). The van der Waals surface area contributed by atoms with Crippen molar-refractivity contribution in [3.63, 3.8) is 0 Å². The minimum Gasteiger partial charge on any atom is -0.496 e. The van der Waals surface area contributed by atoms with Crippen molar-refractivity contribution in [3.05, 3.63) is 64.2 Å². The van der Waals surface area contributed by atoms with Crippen molar-refractivity contribution in [2.75, 3.05) is 40.4 Å². The lowest BCUT2D eigenvalue weighted by atomic mass is 10.0. The zero-order valence-electron chi connectivity index (χ0n) is 18.5. The fourth-order valence-corrected chi connectivity index (χ4v) is 4.16. The molecule has 1 saturated heterocycles. The van der Waals surface area contributed by atoms with Crippen LogP contribution in [0.15, 0.2) is 42.5 Å². The van der Waals surface area contributed by atoms with Crippen LogP contribution in [0.2, 0.25) is 5.02 Å². The topological polar surface area (TPSA) is 76.2 Å². The quantitative estimate of drug-likeness (QED) is 0.468. The summed E-state index contributed by atoms with van der Waals surface area (Å²) in [6.07, 6.45) is 0.134. The van der Waals surface area contributed by atoms with Crippen LogP contribution in [0, 0.1) is 0 Å². The highest BCUT2D eigenvalue weighted by Crippen LogP contribution is 2.30. The summed E-state index contributed by atoms with van der Waals surface area (Å²) in [4.78, 5) is 41.0. The average Bonchev–Trinajstić information content (AvgIpc) is 2.80. The molecule has 1 heterocycles. The van der Waals surface area contributed by atoms with Crippen LogP contribution < -0.4 is 4.74 Å². The van der Waals surface area contributed by atoms with Gasteiger partial charge in [0.25, 0.3) is 0 Å². The van der Waals surface area contributed by atoms with E-state index in [0.717, 1.165) is 0 Å². The maximum Gasteiger partial charge on any atom is 0.327 e. The van der Waals surface area contributed by atoms with Crippen LogP contribution in [0.25, 0.3) is 0 Å². The van der Waals surface area contributed by atoms with Gasteiger partial charge in [-0.05, 0) is 36.8 Å². The van der Waals surface area contributed by atoms with Crippen LogP contribution in [0.3, 0.4) is 0 Å². The Morgan fingerprint density at radius 3 is 2.31 bits per heavy atom. The van der Waals surface area contributed by atoms with Crippen molar-refractivity contribution < 1.29 is 23.9 Å². The summed E-state index contributed by atoms with van der Waals surface area (Å²) in [5.41, 5.74) is 1.90. The van der Waals surface area contributed by atoms with Crippen LogP contribution in [0.4, 0.5) is 0 Å². The number of piperazine rings is 1. The average molecular weight is 459 g/mol. The van der Waals surface area contributed by atoms with E-state index in [9.17, 15) is 14.4 Å². The molecule has 0 aromatic heterocycles. The van der Waals surface area contributed by atoms with Crippen molar-refractivity contribution >= 4 is 29.3 Å². The first-order valence-electron chi connectivity index (χ1n) is 10.4. The molecule has 0 bridgehead atoms. The second-order valence-electron chi connectivity index (χ2n) is 7.62. The number of ketones is 1. The van der Waals surface area contributed by atoms with Gasteiger partial charge in [0.05, 0.1) is 20.6 Å². The number of ether oxygens (including phenoxy) is 2. The Morgan fingerprint density at radius 1 is 1.03 bits per heavy atom. The van der Waals surface area contributed by atoms with Gasteiger partial charge < -0.3 is 14.4 Å². The summed E-state index contributed by atoms with van der Waals surface area (Å²) >= 11 is 6.34. The van der Waals surface area contributed by atoms with Gasteiger partial charge in [0, 0.05) is 42.3 Å². The van der Waals surface area contributed by atoms with Crippen molar-refractivity contribution in [3.8, 4) is 5.75 Å². The maximum absolute atomic E-state index is 13.0. The third-order valence-corrected chi connectivity index (χ3v) is 6.03. The lowest BCUT2D eigenvalue weighted by Gasteiger charge is -2.38. The largest absolute Gasteiger partial charge is 0.496 e. The minimum atomic E-state index is -0.627. The standard InChI is InChI=1S/C24H27ClN2O5/c1-16(28)17-8-9-21(31-2)18(14-17)15-22(29)26-10-12-27(13-11-26)23(24(30)32-3)19-6-4-5-7-20(19)25/h4-9,14,23H,10-13,15H2,1-3H3. The van der Waals surface area contributed by atoms with Crippen LogP contribution >= 0.6 is 11.6 Å². The lowest BCUT2D eigenvalue weighted by molar-refractivity contribution is -0.148. The van der Waals surface area contributed by atoms with Crippen LogP contribution in [0.5, 0.6) is 5.75 Å². The summed E-state index contributed by atoms with van der Waals surface area (Å²) in [5.74, 6) is 0.0644. The van der Waals surface area contributed by atoms with Gasteiger partial charge >= 0.3 is 5.97 Å². The Kier molecular flexibility index (Phi) is 7.88. The predicted molar refractivity (Wildman–Crippen MR) is 121 cm³/mol. The van der Waals surface area contributed by atoms with Crippen molar-refractivity contribution in [2.24, 2.45) is 0 Å². The van der Waals surface area contributed by atoms with Gasteiger partial charge in [0.1, 0.15) is 11.8 Å². The number of amides is 1. The molecule has 0 saturated carbocycles. The van der Waals surface area contributed by atoms with Gasteiger partial charge in [-0.2, -0.15) is 0 Å². The van der Waals surface area contributed by atoms with E-state index < -0.39 is 6.04 Å². The van der Waals surface area contributed by atoms with E-state index in [0.29, 0.717) is 53.6 Å². The second kappa shape index (κ2) is 10.6. The number of nitrogens with zero attached hydrogens (tertiary/aromatic N) is 2. The smallest absolute Gasteiger partial charge is 0.327 e. The van der Waals surface area contributed by atoms with E-state index in [2.05, 4.69) is 0 Å². The molecule has 1 atom stereocenters. The first-order chi connectivity index (χ1) is 15.3. The Labute approximate surface area is 192 Å². The fourth-order valence-electron chi connectivity index (χ4n) is 3.92. The van der Waals surface area contributed by atoms with Gasteiger partial charge in [0.2, 0.25) is 5.91 Å². The molecule has 2 aromatic rings. The number of benzene rings is 2. The van der Waals surface area contributed by atoms with Gasteiger partial charge in [-0.15, -0.1) is 0 Å². The van der Waals surface area contributed by atoms with E-state index in [-0.39, 0.29) is 24.1 Å². The van der Waals surface area contributed by atoms with E-state index >= 15 is 0 Å². The highest BCUT2D eigenvalue weighted by atomic mass is 35.5. The SMILES string of the molecule is COC(=O)C(c1ccccc1Cl)N1CCN(C(=O)Cc2cc(C(C)=O)ccc2OC)CC1. The van der Waals surface area contributed by atoms with E-state index in [1.807, 2.05) is 23.1 Å². The normalized spacial score (nSPS) is 15.2. The van der Waals surface area contributed by atoms with Gasteiger partial charge in [0.15, 0.2) is 5.78 Å². The Hall–Kier alpha value is -2.90. The molecule has 8 heteroatoms. The number of hydrogen-bond acceptors (Lipinski definition) is 6. The molecule has 1 fully saturated rings. The molecule has 170 valence electrons. The van der Waals surface area contributed by atoms with E-state index in [4.69, 9.17) is 21.1 Å². The molecule has 1 aliphatic rings. The van der Waals surface area contributed by atoms with Crippen molar-refractivity contribution in [2.45, 2.75) is 19.4 Å². The van der Waals surface area contributed by atoms with Gasteiger partial charge in [-0.1, -0.05) is 29.8 Å². The van der Waals surface area contributed by atoms with Gasteiger partial charge in [-0.3, -0.25) is 14.5 Å². The molecule has 0 spiro atoms. The summed E-state index contributed by atoms with van der Waals surface area (Å²) in [7, 11) is 2.89. The molecule has 1 unspecified atom stereocenters. The van der Waals surface area contributed by atoms with Crippen LogP contribution in [0.1, 0.15) is 34.5 Å². The minimum absolute atomic E-state index is 0.0592. The number of esters is 1. The van der Waals surface area contributed by atoms with Crippen molar-refractivity contribution in [1.29, 1.82) is 0 Å². The van der Waals surface area contributed by atoms with Crippen LogP contribution in [-0.4, -0.2) is 67.9 Å². The number of rotatable bonds is 7. The molecule has 1 amide bonds. The maximum atomic E-state index is 13.0. The van der Waals surface area contributed by atoms with E-state index in [1.165, 1.54) is 21.1 Å². The van der Waals surface area contributed by atoms with Gasteiger partial charge in [-0.25, -0.2) is 4.79 Å². The first kappa shape index (κ1) is 23.8. The lowest BCUT2D eigenvalue weighted by Crippen LogP contribution is -2.51. The highest BCUT2D eigenvalue weighted by molar-refractivity contribution is 6.31. The molecular formula is C24H27ClN2O5. The summed E-state index contributed by atoms with van der Waals surface area (Å²) in [6, 6.07) is 11.7.